The van der Waals surface area contributed by atoms with Gasteiger partial charge in [-0.2, -0.15) is 0 Å². The average Bonchev–Trinajstić information content (AvgIpc) is 3.20. The van der Waals surface area contributed by atoms with Gasteiger partial charge in [0, 0.05) is 47.8 Å². The lowest BCUT2D eigenvalue weighted by Gasteiger charge is -2.24. The lowest BCUT2D eigenvalue weighted by Crippen LogP contribution is -2.47. The molecule has 13 nitrogen and oxygen atoms in total. The Labute approximate surface area is 355 Å². The van der Waals surface area contributed by atoms with Gasteiger partial charge in [0.15, 0.2) is 23.5 Å². The number of primary amides is 1. The predicted molar refractivity (Wildman–Crippen MR) is 236 cm³/mol. The summed E-state index contributed by atoms with van der Waals surface area (Å²) in [5.74, 6) is -3.74. The molecule has 4 atom stereocenters. The van der Waals surface area contributed by atoms with Gasteiger partial charge in [-0.15, -0.1) is 0 Å². The number of aliphatic imine (C=N–C) groups is 2. The molecule has 312 valence electrons. The number of hydrogen-bond acceptors (Lipinski definition) is 7. The molecule has 0 bridgehead atoms. The third kappa shape index (κ3) is 15.5. The molecule has 0 aliphatic heterocycles. The van der Waals surface area contributed by atoms with Crippen LogP contribution in [0.5, 0.6) is 0 Å². The number of rotatable bonds is 23. The first-order chi connectivity index (χ1) is 28.2. The van der Waals surface area contributed by atoms with Crippen molar-refractivity contribution in [3.63, 3.8) is 0 Å². The summed E-state index contributed by atoms with van der Waals surface area (Å²) in [5, 5.41) is 4.18. The van der Waals surface area contributed by atoms with E-state index in [0.717, 1.165) is 33.4 Å². The fraction of sp³-hybridized carbons (Fsp3) is 0.318. The number of nitrogens with one attached hydrogen (secondary N) is 1. The van der Waals surface area contributed by atoms with Crippen molar-refractivity contribution in [3.05, 3.63) is 118 Å². The summed E-state index contributed by atoms with van der Waals surface area (Å²) >= 11 is 12.1. The van der Waals surface area contributed by atoms with E-state index in [1.54, 1.807) is 12.1 Å². The third-order valence-electron chi connectivity index (χ3n) is 9.96. The van der Waals surface area contributed by atoms with Gasteiger partial charge >= 0.3 is 0 Å². The van der Waals surface area contributed by atoms with Crippen LogP contribution in [0.25, 0.3) is 22.3 Å². The fourth-order valence-electron chi connectivity index (χ4n) is 6.63. The number of ketones is 2. The van der Waals surface area contributed by atoms with E-state index in [0.29, 0.717) is 22.9 Å². The number of carbonyl (C=O) groups excluding carboxylic acids is 4. The molecule has 59 heavy (non-hydrogen) atoms. The molecule has 13 N–H and O–H groups in total. The van der Waals surface area contributed by atoms with Crippen molar-refractivity contribution >= 4 is 58.5 Å². The first-order valence-corrected chi connectivity index (χ1v) is 20.1. The van der Waals surface area contributed by atoms with Gasteiger partial charge in [0.05, 0.1) is 12.1 Å². The smallest absolute Gasteiger partial charge is 0.224 e. The molecule has 0 fully saturated rings. The van der Waals surface area contributed by atoms with Gasteiger partial charge in [-0.1, -0.05) is 96.0 Å². The summed E-state index contributed by atoms with van der Waals surface area (Å²) in [7, 11) is 0. The third-order valence-corrected chi connectivity index (χ3v) is 10.5. The Kier molecular flexibility index (Phi) is 17.9. The van der Waals surface area contributed by atoms with Crippen LogP contribution in [-0.2, 0) is 32.0 Å². The van der Waals surface area contributed by atoms with Crippen molar-refractivity contribution in [2.45, 2.75) is 63.5 Å². The van der Waals surface area contributed by atoms with E-state index < -0.39 is 41.5 Å². The first-order valence-electron chi connectivity index (χ1n) is 19.4. The zero-order valence-corrected chi connectivity index (χ0v) is 34.4. The van der Waals surface area contributed by atoms with E-state index in [-0.39, 0.29) is 69.3 Å². The number of nitrogens with two attached hydrogens (primary N) is 6. The van der Waals surface area contributed by atoms with E-state index in [2.05, 4.69) is 15.3 Å². The second-order valence-corrected chi connectivity index (χ2v) is 15.4. The van der Waals surface area contributed by atoms with Crippen LogP contribution < -0.4 is 39.7 Å². The van der Waals surface area contributed by atoms with Gasteiger partial charge in [0.2, 0.25) is 11.8 Å². The molecule has 0 heterocycles. The highest BCUT2D eigenvalue weighted by molar-refractivity contribution is 6.31. The largest absolute Gasteiger partial charge is 0.370 e. The maximum Gasteiger partial charge on any atom is 0.224 e. The van der Waals surface area contributed by atoms with Gasteiger partial charge in [-0.25, -0.2) is 0 Å². The van der Waals surface area contributed by atoms with Crippen LogP contribution in [0, 0.1) is 11.8 Å². The van der Waals surface area contributed by atoms with E-state index >= 15 is 0 Å². The van der Waals surface area contributed by atoms with Gasteiger partial charge in [-0.3, -0.25) is 29.2 Å². The number of guanidine groups is 2. The molecule has 4 rings (SSSR count). The number of amides is 2. The molecular formula is C44H53Cl2N9O4. The molecule has 0 saturated carbocycles. The standard InChI is InChI=1S/C44H53Cl2N9O4/c45-35-17-13-31(14-18-35)29-9-5-27(6-10-29)23-37(47)39(56)26-34(4-2-22-54-44(51)52)42(59)55-38(40(57)25-33(41(48)58)3-1-21-53-43(49)50)24-28-7-11-30(12-8-28)32-15-19-36(46)20-16-32/h5-20,33-34,37-38H,1-4,21-26,47H2,(H2,48,58)(H,55,59)(H4,49,50,53)(H4,51,52,54)/t33-,34-,37+,38+/m0/s1. The molecule has 2 amide bonds. The highest BCUT2D eigenvalue weighted by Crippen LogP contribution is 2.25. The molecule has 0 aromatic heterocycles. The normalized spacial score (nSPS) is 13.0. The van der Waals surface area contributed by atoms with Crippen molar-refractivity contribution in [2.24, 2.45) is 56.2 Å². The summed E-state index contributed by atoms with van der Waals surface area (Å²) in [6.07, 6.45) is 1.27. The van der Waals surface area contributed by atoms with Crippen LogP contribution in [0.3, 0.4) is 0 Å². The van der Waals surface area contributed by atoms with Gasteiger partial charge in [-0.05, 0) is 96.2 Å². The Morgan fingerprint density at radius 3 is 1.36 bits per heavy atom. The van der Waals surface area contributed by atoms with Crippen molar-refractivity contribution in [1.29, 1.82) is 0 Å². The van der Waals surface area contributed by atoms with Gasteiger partial charge in [0.25, 0.3) is 0 Å². The molecule has 4 aromatic carbocycles. The maximum absolute atomic E-state index is 14.2. The van der Waals surface area contributed by atoms with Crippen molar-refractivity contribution in [2.75, 3.05) is 13.1 Å². The minimum atomic E-state index is -1.05. The lowest BCUT2D eigenvalue weighted by molar-refractivity contribution is -0.134. The minimum Gasteiger partial charge on any atom is -0.370 e. The quantitative estimate of drug-likeness (QED) is 0.0311. The van der Waals surface area contributed by atoms with Gasteiger partial charge in [0.1, 0.15) is 0 Å². The SMILES string of the molecule is NC(=O)[C@@H](CCCN=C(N)N)CC(=O)[C@@H](Cc1ccc(-c2ccc(Cl)cc2)cc1)NC(=O)[C@@H](CCCN=C(N)N)CC(=O)[C@H](N)Cc1ccc(-c2ccc(Cl)cc2)cc1. The molecule has 0 radical (unpaired) electrons. The predicted octanol–water partition coefficient (Wildman–Crippen LogP) is 4.67. The second kappa shape index (κ2) is 23.0. The highest BCUT2D eigenvalue weighted by Gasteiger charge is 2.31. The zero-order chi connectivity index (χ0) is 42.9. The number of carbonyl (C=O) groups is 4. The summed E-state index contributed by atoms with van der Waals surface area (Å²) in [6, 6.07) is 28.2. The monoisotopic (exact) mass is 841 g/mol. The van der Waals surface area contributed by atoms with Crippen LogP contribution in [0.4, 0.5) is 0 Å². The van der Waals surface area contributed by atoms with Crippen LogP contribution >= 0.6 is 23.2 Å². The Bertz CT molecular complexity index is 2070. The first kappa shape index (κ1) is 45.9. The Hall–Kier alpha value is -5.76. The Balaban J connectivity index is 1.53. The van der Waals surface area contributed by atoms with E-state index in [1.165, 1.54) is 0 Å². The molecule has 0 unspecified atom stereocenters. The minimum absolute atomic E-state index is 0.0854. The van der Waals surface area contributed by atoms with E-state index in [4.69, 9.17) is 57.6 Å². The molecule has 0 aliphatic carbocycles. The summed E-state index contributed by atoms with van der Waals surface area (Å²) in [4.78, 5) is 62.3. The molecule has 0 spiro atoms. The van der Waals surface area contributed by atoms with E-state index in [9.17, 15) is 19.2 Å². The number of benzene rings is 4. The maximum atomic E-state index is 14.2. The zero-order valence-electron chi connectivity index (χ0n) is 32.9. The van der Waals surface area contributed by atoms with Crippen molar-refractivity contribution in [3.8, 4) is 22.3 Å². The van der Waals surface area contributed by atoms with Crippen LogP contribution in [0.1, 0.15) is 49.7 Å². The molecule has 0 saturated heterocycles. The number of hydrogen-bond donors (Lipinski definition) is 7. The van der Waals surface area contributed by atoms with E-state index in [1.807, 2.05) is 84.9 Å². The highest BCUT2D eigenvalue weighted by atomic mass is 35.5. The molecule has 0 aliphatic rings. The molecule has 15 heteroatoms. The Morgan fingerprint density at radius 1 is 0.542 bits per heavy atom. The van der Waals surface area contributed by atoms with Crippen molar-refractivity contribution < 1.29 is 19.2 Å². The lowest BCUT2D eigenvalue weighted by atomic mass is 9.89. The van der Waals surface area contributed by atoms with Crippen molar-refractivity contribution in [1.82, 2.24) is 5.32 Å². The Morgan fingerprint density at radius 2 is 0.932 bits per heavy atom. The fourth-order valence-corrected chi connectivity index (χ4v) is 6.88. The van der Waals surface area contributed by atoms with Gasteiger partial charge < -0.3 is 39.7 Å². The number of halogens is 2. The van der Waals surface area contributed by atoms with Crippen LogP contribution in [0.2, 0.25) is 10.0 Å². The number of Topliss-reactive ketones (excluding diaryl/α,β-unsaturated/α-hetero) is 2. The summed E-state index contributed by atoms with van der Waals surface area (Å²) in [5.41, 5.74) is 39.5. The average molecular weight is 843 g/mol. The van der Waals surface area contributed by atoms with Crippen LogP contribution in [0.15, 0.2) is 107 Å². The topological polar surface area (TPSA) is 261 Å². The molecule has 4 aromatic rings. The van der Waals surface area contributed by atoms with Crippen LogP contribution in [-0.4, -0.2) is 60.5 Å². The summed E-state index contributed by atoms with van der Waals surface area (Å²) in [6.45, 7) is 0.488. The molecular weight excluding hydrogens is 789 g/mol. The second-order valence-electron chi connectivity index (χ2n) is 14.5. The number of nitrogens with zero attached hydrogens (tertiary/aromatic N) is 2. The summed E-state index contributed by atoms with van der Waals surface area (Å²) < 4.78 is 0.